The van der Waals surface area contributed by atoms with Crippen LogP contribution in [0.5, 0.6) is 0 Å². The molecule has 4 rings (SSSR count). The molecule has 6 heteroatoms. The zero-order valence-corrected chi connectivity index (χ0v) is 10.9. The van der Waals surface area contributed by atoms with Gasteiger partial charge in [0.15, 0.2) is 11.4 Å². The fourth-order valence-electron chi connectivity index (χ4n) is 2.56. The van der Waals surface area contributed by atoms with E-state index < -0.39 is 0 Å². The van der Waals surface area contributed by atoms with Gasteiger partial charge in [0.25, 0.3) is 0 Å². The smallest absolute Gasteiger partial charge is 0.225 e. The van der Waals surface area contributed by atoms with Gasteiger partial charge < -0.3 is 4.42 Å². The predicted octanol–water partition coefficient (Wildman–Crippen LogP) is 2.92. The van der Waals surface area contributed by atoms with Gasteiger partial charge in [-0.3, -0.25) is 0 Å². The summed E-state index contributed by atoms with van der Waals surface area (Å²) in [7, 11) is 0. The highest BCUT2D eigenvalue weighted by Gasteiger charge is 2.20. The van der Waals surface area contributed by atoms with Crippen molar-refractivity contribution in [1.82, 2.24) is 19.6 Å². The first-order valence-corrected chi connectivity index (χ1v) is 6.68. The Balaban J connectivity index is 2.00. The van der Waals surface area contributed by atoms with Crippen molar-refractivity contribution < 1.29 is 4.42 Å². The van der Waals surface area contributed by atoms with Gasteiger partial charge in [-0.1, -0.05) is 0 Å². The molecule has 3 aromatic rings. The van der Waals surface area contributed by atoms with E-state index in [4.69, 9.17) is 16.0 Å². The summed E-state index contributed by atoms with van der Waals surface area (Å²) in [5.41, 5.74) is 3.03. The summed E-state index contributed by atoms with van der Waals surface area (Å²) in [5, 5.41) is 4.74. The summed E-state index contributed by atoms with van der Waals surface area (Å²) in [5.74, 6) is 1.19. The molecule has 0 radical (unpaired) electrons. The van der Waals surface area contributed by atoms with Gasteiger partial charge in [0.2, 0.25) is 11.1 Å². The molecule has 96 valence electrons. The van der Waals surface area contributed by atoms with Gasteiger partial charge >= 0.3 is 0 Å². The Hall–Kier alpha value is -1.88. The number of halogens is 1. The van der Waals surface area contributed by atoms with Gasteiger partial charge in [-0.05, 0) is 49.4 Å². The second-order valence-electron chi connectivity index (χ2n) is 4.66. The Morgan fingerprint density at radius 2 is 2.11 bits per heavy atom. The third-order valence-electron chi connectivity index (χ3n) is 3.46. The molecule has 0 spiro atoms. The highest BCUT2D eigenvalue weighted by Crippen LogP contribution is 2.27. The number of rotatable bonds is 1. The Kier molecular flexibility index (Phi) is 2.35. The number of furan rings is 1. The minimum atomic E-state index is 0.362. The fourth-order valence-corrected chi connectivity index (χ4v) is 2.78. The summed E-state index contributed by atoms with van der Waals surface area (Å²) in [6.07, 6.45) is 5.88. The molecule has 0 saturated heterocycles. The number of hydrogen-bond donors (Lipinski definition) is 0. The van der Waals surface area contributed by atoms with E-state index in [0.717, 1.165) is 37.0 Å². The summed E-state index contributed by atoms with van der Waals surface area (Å²) in [4.78, 5) is 8.99. The minimum Gasteiger partial charge on any atom is -0.461 e. The molecule has 1 aliphatic carbocycles. The molecule has 19 heavy (non-hydrogen) atoms. The van der Waals surface area contributed by atoms with Crippen LogP contribution in [0.15, 0.2) is 22.8 Å². The van der Waals surface area contributed by atoms with Crippen molar-refractivity contribution in [1.29, 1.82) is 0 Å². The van der Waals surface area contributed by atoms with E-state index in [1.54, 1.807) is 10.8 Å². The molecule has 0 N–H and O–H groups in total. The molecule has 0 fully saturated rings. The number of nitrogens with zero attached hydrogens (tertiary/aromatic N) is 4. The first-order valence-electron chi connectivity index (χ1n) is 6.31. The molecular formula is C13H11ClN4O. The second-order valence-corrected chi connectivity index (χ2v) is 5.00. The van der Waals surface area contributed by atoms with Gasteiger partial charge in [-0.2, -0.15) is 4.52 Å². The number of aryl methyl sites for hydroxylation is 2. The lowest BCUT2D eigenvalue weighted by Gasteiger charge is -2.14. The van der Waals surface area contributed by atoms with Gasteiger partial charge in [0, 0.05) is 5.56 Å². The lowest BCUT2D eigenvalue weighted by atomic mass is 9.97. The number of fused-ring (bicyclic) bond motifs is 3. The highest BCUT2D eigenvalue weighted by atomic mass is 35.5. The minimum absolute atomic E-state index is 0.362. The van der Waals surface area contributed by atoms with Crippen LogP contribution in [0, 0.1) is 0 Å². The van der Waals surface area contributed by atoms with Crippen LogP contribution >= 0.6 is 11.6 Å². The number of hydrogen-bond acceptors (Lipinski definition) is 4. The molecule has 3 aromatic heterocycles. The SMILES string of the molecule is Clc1nc2c(c3nc(-c4ccco4)nn13)CCCC2. The molecule has 0 unspecified atom stereocenters. The molecule has 0 saturated carbocycles. The Morgan fingerprint density at radius 3 is 2.95 bits per heavy atom. The normalized spacial score (nSPS) is 14.8. The van der Waals surface area contributed by atoms with E-state index >= 15 is 0 Å². The van der Waals surface area contributed by atoms with Crippen LogP contribution in [0.1, 0.15) is 24.1 Å². The monoisotopic (exact) mass is 274 g/mol. The van der Waals surface area contributed by atoms with Gasteiger partial charge in [0.1, 0.15) is 0 Å². The molecule has 0 bridgehead atoms. The molecule has 0 atom stereocenters. The van der Waals surface area contributed by atoms with Crippen LogP contribution in [0.25, 0.3) is 17.2 Å². The van der Waals surface area contributed by atoms with E-state index in [-0.39, 0.29) is 0 Å². The quantitative estimate of drug-likeness (QED) is 0.640. The zero-order chi connectivity index (χ0) is 12.8. The van der Waals surface area contributed by atoms with E-state index in [2.05, 4.69) is 15.1 Å². The van der Waals surface area contributed by atoms with Crippen LogP contribution in [-0.4, -0.2) is 19.6 Å². The first-order chi connectivity index (χ1) is 9.33. The predicted molar refractivity (Wildman–Crippen MR) is 70.1 cm³/mol. The van der Waals surface area contributed by atoms with Crippen LogP contribution < -0.4 is 0 Å². The topological polar surface area (TPSA) is 56.2 Å². The zero-order valence-electron chi connectivity index (χ0n) is 10.1. The lowest BCUT2D eigenvalue weighted by Crippen LogP contribution is -2.09. The third kappa shape index (κ3) is 1.65. The van der Waals surface area contributed by atoms with Crippen molar-refractivity contribution in [3.8, 4) is 11.6 Å². The second kappa shape index (κ2) is 4.06. The largest absolute Gasteiger partial charge is 0.461 e. The van der Waals surface area contributed by atoms with Crippen molar-refractivity contribution in [2.45, 2.75) is 25.7 Å². The average Bonchev–Trinajstić information content (AvgIpc) is 3.08. The summed E-state index contributed by atoms with van der Waals surface area (Å²) in [6.45, 7) is 0. The number of aromatic nitrogens is 4. The average molecular weight is 275 g/mol. The Bertz CT molecular complexity index is 748. The first kappa shape index (κ1) is 11.0. The van der Waals surface area contributed by atoms with E-state index in [1.165, 1.54) is 5.56 Å². The van der Waals surface area contributed by atoms with Crippen molar-refractivity contribution in [3.63, 3.8) is 0 Å². The fraction of sp³-hybridized carbons (Fsp3) is 0.308. The van der Waals surface area contributed by atoms with E-state index in [9.17, 15) is 0 Å². The molecule has 0 amide bonds. The van der Waals surface area contributed by atoms with Crippen molar-refractivity contribution in [2.75, 3.05) is 0 Å². The summed E-state index contributed by atoms with van der Waals surface area (Å²) >= 11 is 6.19. The van der Waals surface area contributed by atoms with Crippen LogP contribution in [0.2, 0.25) is 5.28 Å². The Labute approximate surface area is 114 Å². The summed E-state index contributed by atoms with van der Waals surface area (Å²) < 4.78 is 6.93. The van der Waals surface area contributed by atoms with Crippen molar-refractivity contribution in [3.05, 3.63) is 34.9 Å². The molecule has 3 heterocycles. The van der Waals surface area contributed by atoms with E-state index in [0.29, 0.717) is 16.9 Å². The van der Waals surface area contributed by atoms with E-state index in [1.807, 2.05) is 12.1 Å². The van der Waals surface area contributed by atoms with Crippen molar-refractivity contribution in [2.24, 2.45) is 0 Å². The summed E-state index contributed by atoms with van der Waals surface area (Å²) in [6, 6.07) is 3.65. The maximum absolute atomic E-state index is 6.19. The lowest BCUT2D eigenvalue weighted by molar-refractivity contribution is 0.577. The van der Waals surface area contributed by atoms with Gasteiger partial charge in [0.05, 0.1) is 12.0 Å². The van der Waals surface area contributed by atoms with Gasteiger partial charge in [-0.25, -0.2) is 9.97 Å². The molecule has 0 aliphatic heterocycles. The maximum atomic E-state index is 6.19. The van der Waals surface area contributed by atoms with Gasteiger partial charge in [-0.15, -0.1) is 5.10 Å². The van der Waals surface area contributed by atoms with Crippen LogP contribution in [0.4, 0.5) is 0 Å². The van der Waals surface area contributed by atoms with Crippen LogP contribution in [0.3, 0.4) is 0 Å². The van der Waals surface area contributed by atoms with Crippen molar-refractivity contribution >= 4 is 17.2 Å². The molecular weight excluding hydrogens is 264 g/mol. The maximum Gasteiger partial charge on any atom is 0.225 e. The van der Waals surface area contributed by atoms with Crippen LogP contribution in [-0.2, 0) is 12.8 Å². The Morgan fingerprint density at radius 1 is 1.21 bits per heavy atom. The molecule has 1 aliphatic rings. The molecule has 5 nitrogen and oxygen atoms in total. The standard InChI is InChI=1S/C13H11ClN4O/c14-13-15-9-5-2-1-4-8(9)12-16-11(17-18(12)13)10-6-3-7-19-10/h3,6-7H,1-2,4-5H2. The third-order valence-corrected chi connectivity index (χ3v) is 3.70. The molecule has 0 aromatic carbocycles. The highest BCUT2D eigenvalue weighted by molar-refractivity contribution is 6.28.